The molecule has 2 nitrogen and oxygen atoms in total. The van der Waals surface area contributed by atoms with E-state index in [1.165, 1.54) is 5.56 Å². The number of benzene rings is 2. The van der Waals surface area contributed by atoms with E-state index in [1.54, 1.807) is 12.1 Å². The number of hydrogen-bond acceptors (Lipinski definition) is 2. The van der Waals surface area contributed by atoms with Crippen LogP contribution in [0.5, 0.6) is 0 Å². The third kappa shape index (κ3) is 3.12. The van der Waals surface area contributed by atoms with E-state index in [1.807, 2.05) is 19.1 Å². The highest BCUT2D eigenvalue weighted by Gasteiger charge is 2.03. The zero-order valence-electron chi connectivity index (χ0n) is 9.67. The van der Waals surface area contributed by atoms with Gasteiger partial charge in [-0.25, -0.2) is 0 Å². The second-order valence-corrected chi connectivity index (χ2v) is 5.72. The number of rotatable bonds is 2. The molecule has 0 aliphatic carbocycles. The van der Waals surface area contributed by atoms with Crippen molar-refractivity contribution in [3.05, 3.63) is 56.5 Å². The molecule has 0 heterocycles. The first-order valence-electron chi connectivity index (χ1n) is 5.32. The molecule has 0 aromatic heterocycles. The molecule has 0 atom stereocenters. The Labute approximate surface area is 123 Å². The van der Waals surface area contributed by atoms with Crippen molar-refractivity contribution in [2.45, 2.75) is 6.92 Å². The van der Waals surface area contributed by atoms with Crippen molar-refractivity contribution in [3.8, 4) is 6.07 Å². The smallest absolute Gasteiger partial charge is 0.0992 e. The minimum absolute atomic E-state index is 0.637. The van der Waals surface area contributed by atoms with Crippen LogP contribution in [-0.2, 0) is 0 Å². The molecule has 90 valence electrons. The summed E-state index contributed by atoms with van der Waals surface area (Å²) in [4.78, 5) is 0. The minimum Gasteiger partial charge on any atom is -0.355 e. The second kappa shape index (κ2) is 5.55. The Kier molecular flexibility index (Phi) is 4.05. The maximum Gasteiger partial charge on any atom is 0.0992 e. The second-order valence-electron chi connectivity index (χ2n) is 3.95. The van der Waals surface area contributed by atoms with Crippen LogP contribution in [-0.4, -0.2) is 0 Å². The number of nitrogens with zero attached hydrogens (tertiary/aromatic N) is 1. The number of hydrogen-bond donors (Lipinski definition) is 1. The van der Waals surface area contributed by atoms with Gasteiger partial charge < -0.3 is 5.32 Å². The van der Waals surface area contributed by atoms with Gasteiger partial charge in [0.15, 0.2) is 0 Å². The summed E-state index contributed by atoms with van der Waals surface area (Å²) in [6, 6.07) is 13.7. The molecule has 0 aliphatic heterocycles. The van der Waals surface area contributed by atoms with E-state index in [0.29, 0.717) is 5.56 Å². The zero-order valence-corrected chi connectivity index (χ0v) is 12.8. The van der Waals surface area contributed by atoms with E-state index in [0.717, 1.165) is 20.3 Å². The molecule has 4 heteroatoms. The molecule has 0 spiro atoms. The van der Waals surface area contributed by atoms with E-state index >= 15 is 0 Å². The van der Waals surface area contributed by atoms with Gasteiger partial charge in [-0.05, 0) is 64.8 Å². The number of halogens is 2. The average Bonchev–Trinajstić information content (AvgIpc) is 2.30. The third-order valence-electron chi connectivity index (χ3n) is 2.42. The summed E-state index contributed by atoms with van der Waals surface area (Å²) in [5.41, 5.74) is 3.76. The van der Waals surface area contributed by atoms with Gasteiger partial charge >= 0.3 is 0 Å². The molecule has 2 aromatic carbocycles. The Morgan fingerprint density at radius 3 is 2.50 bits per heavy atom. The monoisotopic (exact) mass is 364 g/mol. The van der Waals surface area contributed by atoms with Crippen LogP contribution >= 0.6 is 31.9 Å². The molecule has 0 aliphatic rings. The highest BCUT2D eigenvalue weighted by Crippen LogP contribution is 2.28. The lowest BCUT2D eigenvalue weighted by atomic mass is 10.2. The molecule has 0 fully saturated rings. The first-order valence-corrected chi connectivity index (χ1v) is 6.91. The van der Waals surface area contributed by atoms with Crippen LogP contribution in [0.1, 0.15) is 11.1 Å². The van der Waals surface area contributed by atoms with Crippen molar-refractivity contribution >= 4 is 43.2 Å². The molecule has 0 saturated carbocycles. The van der Waals surface area contributed by atoms with Crippen molar-refractivity contribution < 1.29 is 0 Å². The molecule has 1 N–H and O–H groups in total. The fourth-order valence-electron chi connectivity index (χ4n) is 1.65. The van der Waals surface area contributed by atoms with E-state index in [9.17, 15) is 0 Å². The molecule has 0 bridgehead atoms. The van der Waals surface area contributed by atoms with Gasteiger partial charge in [0, 0.05) is 14.6 Å². The van der Waals surface area contributed by atoms with E-state index in [4.69, 9.17) is 5.26 Å². The maximum absolute atomic E-state index is 8.82. The first-order chi connectivity index (χ1) is 8.58. The summed E-state index contributed by atoms with van der Waals surface area (Å²) < 4.78 is 1.91. The van der Waals surface area contributed by atoms with Gasteiger partial charge in [-0.2, -0.15) is 5.26 Å². The first kappa shape index (κ1) is 13.1. The Morgan fingerprint density at radius 2 is 1.89 bits per heavy atom. The van der Waals surface area contributed by atoms with Crippen LogP contribution in [0.3, 0.4) is 0 Å². The van der Waals surface area contributed by atoms with Gasteiger partial charge in [-0.1, -0.05) is 15.9 Å². The van der Waals surface area contributed by atoms with Crippen LogP contribution in [0, 0.1) is 18.3 Å². The SMILES string of the molecule is Cc1cc(Br)cc(Nc2ccc(C#N)cc2Br)c1. The summed E-state index contributed by atoms with van der Waals surface area (Å²) in [7, 11) is 0. The van der Waals surface area contributed by atoms with Crippen molar-refractivity contribution in [3.63, 3.8) is 0 Å². The predicted molar refractivity (Wildman–Crippen MR) is 81.0 cm³/mol. The zero-order chi connectivity index (χ0) is 13.1. The highest BCUT2D eigenvalue weighted by atomic mass is 79.9. The van der Waals surface area contributed by atoms with Gasteiger partial charge in [0.25, 0.3) is 0 Å². The summed E-state index contributed by atoms with van der Waals surface area (Å²) in [6.45, 7) is 2.05. The minimum atomic E-state index is 0.637. The molecule has 18 heavy (non-hydrogen) atoms. The number of nitrogens with one attached hydrogen (secondary N) is 1. The van der Waals surface area contributed by atoms with E-state index < -0.39 is 0 Å². The van der Waals surface area contributed by atoms with E-state index in [-0.39, 0.29) is 0 Å². The lowest BCUT2D eigenvalue weighted by molar-refractivity contribution is 1.42. The fourth-order valence-corrected chi connectivity index (χ4v) is 2.74. The predicted octanol–water partition coefficient (Wildman–Crippen LogP) is 5.14. The van der Waals surface area contributed by atoms with Crippen LogP contribution < -0.4 is 5.32 Å². The van der Waals surface area contributed by atoms with Gasteiger partial charge in [0.1, 0.15) is 0 Å². The molecule has 2 aromatic rings. The Balaban J connectivity index is 2.31. The van der Waals surface area contributed by atoms with Gasteiger partial charge in [-0.3, -0.25) is 0 Å². The lowest BCUT2D eigenvalue weighted by Gasteiger charge is -2.10. The Morgan fingerprint density at radius 1 is 1.11 bits per heavy atom. The summed E-state index contributed by atoms with van der Waals surface area (Å²) in [5, 5.41) is 12.1. The summed E-state index contributed by atoms with van der Waals surface area (Å²) >= 11 is 6.93. The standard InChI is InChI=1S/C14H10Br2N2/c1-9-4-11(15)7-12(5-9)18-14-3-2-10(8-17)6-13(14)16/h2-7,18H,1H3. The Hall–Kier alpha value is -1.31. The van der Waals surface area contributed by atoms with Crippen LogP contribution in [0.4, 0.5) is 11.4 Å². The lowest BCUT2D eigenvalue weighted by Crippen LogP contribution is -1.92. The Bertz CT molecular complexity index is 610. The van der Waals surface area contributed by atoms with Crippen molar-refractivity contribution in [1.82, 2.24) is 0 Å². The number of aryl methyl sites for hydroxylation is 1. The summed E-state index contributed by atoms with van der Waals surface area (Å²) in [5.74, 6) is 0. The third-order valence-corrected chi connectivity index (χ3v) is 3.53. The molecular formula is C14H10Br2N2. The van der Waals surface area contributed by atoms with Gasteiger partial charge in [0.2, 0.25) is 0 Å². The molecule has 0 saturated heterocycles. The van der Waals surface area contributed by atoms with Crippen molar-refractivity contribution in [1.29, 1.82) is 5.26 Å². The topological polar surface area (TPSA) is 35.8 Å². The van der Waals surface area contributed by atoms with Crippen molar-refractivity contribution in [2.24, 2.45) is 0 Å². The van der Waals surface area contributed by atoms with E-state index in [2.05, 4.69) is 55.4 Å². The molecule has 0 unspecified atom stereocenters. The number of anilines is 2. The van der Waals surface area contributed by atoms with Crippen LogP contribution in [0.25, 0.3) is 0 Å². The quantitative estimate of drug-likeness (QED) is 0.800. The summed E-state index contributed by atoms with van der Waals surface area (Å²) in [6.07, 6.45) is 0. The fraction of sp³-hybridized carbons (Fsp3) is 0.0714. The average molecular weight is 366 g/mol. The van der Waals surface area contributed by atoms with Crippen molar-refractivity contribution in [2.75, 3.05) is 5.32 Å². The molecule has 0 amide bonds. The van der Waals surface area contributed by atoms with Gasteiger partial charge in [-0.15, -0.1) is 0 Å². The van der Waals surface area contributed by atoms with Gasteiger partial charge in [0.05, 0.1) is 17.3 Å². The van der Waals surface area contributed by atoms with Crippen LogP contribution in [0.15, 0.2) is 45.3 Å². The molecule has 2 rings (SSSR count). The molecule has 0 radical (unpaired) electrons. The van der Waals surface area contributed by atoms with Crippen LogP contribution in [0.2, 0.25) is 0 Å². The molecular weight excluding hydrogens is 356 g/mol. The largest absolute Gasteiger partial charge is 0.355 e. The number of nitriles is 1. The maximum atomic E-state index is 8.82. The normalized spacial score (nSPS) is 9.89. The highest BCUT2D eigenvalue weighted by molar-refractivity contribution is 9.10.